The summed E-state index contributed by atoms with van der Waals surface area (Å²) in [4.78, 5) is 12.1. The summed E-state index contributed by atoms with van der Waals surface area (Å²) in [6.07, 6.45) is 4.77. The van der Waals surface area contributed by atoms with Crippen LogP contribution in [-0.4, -0.2) is 28.3 Å². The van der Waals surface area contributed by atoms with E-state index in [1.165, 1.54) is 11.3 Å². The van der Waals surface area contributed by atoms with Gasteiger partial charge in [-0.15, -0.1) is 0 Å². The number of hydrogen-bond acceptors (Lipinski definition) is 3. The van der Waals surface area contributed by atoms with Gasteiger partial charge in [0.05, 0.1) is 5.69 Å². The molecule has 1 aliphatic carbocycles. The van der Waals surface area contributed by atoms with Crippen molar-refractivity contribution in [1.29, 1.82) is 0 Å². The molecular formula is C15H26N4O. The Kier molecular flexibility index (Phi) is 4.81. The van der Waals surface area contributed by atoms with E-state index >= 15 is 0 Å². The normalized spacial score (nSPS) is 22.8. The van der Waals surface area contributed by atoms with E-state index in [1.807, 2.05) is 18.7 Å². The van der Waals surface area contributed by atoms with Crippen LogP contribution < -0.4 is 11.1 Å². The minimum Gasteiger partial charge on any atom is -0.356 e. The first-order chi connectivity index (χ1) is 9.49. The van der Waals surface area contributed by atoms with Crippen molar-refractivity contribution >= 4 is 5.91 Å². The summed E-state index contributed by atoms with van der Waals surface area (Å²) in [6.45, 7) is 4.76. The molecule has 0 bridgehead atoms. The molecule has 2 atom stereocenters. The van der Waals surface area contributed by atoms with Crippen LogP contribution in [0.2, 0.25) is 0 Å². The van der Waals surface area contributed by atoms with Gasteiger partial charge in [0.25, 0.3) is 0 Å². The molecular weight excluding hydrogens is 252 g/mol. The van der Waals surface area contributed by atoms with Gasteiger partial charge in [-0.25, -0.2) is 0 Å². The smallest absolute Gasteiger partial charge is 0.223 e. The molecule has 0 aromatic carbocycles. The molecule has 1 fully saturated rings. The van der Waals surface area contributed by atoms with Gasteiger partial charge in [0.2, 0.25) is 5.91 Å². The van der Waals surface area contributed by atoms with Crippen LogP contribution in [0.3, 0.4) is 0 Å². The molecule has 20 heavy (non-hydrogen) atoms. The van der Waals surface area contributed by atoms with Crippen molar-refractivity contribution in [3.8, 4) is 0 Å². The van der Waals surface area contributed by atoms with Crippen molar-refractivity contribution in [3.05, 3.63) is 17.0 Å². The summed E-state index contributed by atoms with van der Waals surface area (Å²) in [7, 11) is 1.95. The Labute approximate surface area is 120 Å². The molecule has 1 heterocycles. The highest BCUT2D eigenvalue weighted by atomic mass is 16.1. The van der Waals surface area contributed by atoms with Gasteiger partial charge < -0.3 is 11.1 Å². The SMILES string of the molecule is Cc1nn(C)c(C)c1CCNC(=O)C1CCCC(N)C1. The fraction of sp³-hybridized carbons (Fsp3) is 0.733. The molecule has 3 N–H and O–H groups in total. The number of carbonyl (C=O) groups is 1. The van der Waals surface area contributed by atoms with Crippen LogP contribution in [0.25, 0.3) is 0 Å². The van der Waals surface area contributed by atoms with Crippen LogP contribution in [0.4, 0.5) is 0 Å². The van der Waals surface area contributed by atoms with Gasteiger partial charge in [-0.2, -0.15) is 5.10 Å². The molecule has 1 aromatic heterocycles. The van der Waals surface area contributed by atoms with Crippen molar-refractivity contribution in [2.75, 3.05) is 6.54 Å². The third kappa shape index (κ3) is 3.39. The lowest BCUT2D eigenvalue weighted by Gasteiger charge is -2.25. The Hall–Kier alpha value is -1.36. The fourth-order valence-corrected chi connectivity index (χ4v) is 3.10. The number of hydrogen-bond donors (Lipinski definition) is 2. The third-order valence-electron chi connectivity index (χ3n) is 4.42. The van der Waals surface area contributed by atoms with E-state index in [4.69, 9.17) is 5.73 Å². The van der Waals surface area contributed by atoms with E-state index in [0.29, 0.717) is 6.54 Å². The average Bonchev–Trinajstić information content (AvgIpc) is 2.65. The lowest BCUT2D eigenvalue weighted by molar-refractivity contribution is -0.126. The molecule has 0 spiro atoms. The van der Waals surface area contributed by atoms with Gasteiger partial charge in [-0.05, 0) is 45.1 Å². The Bertz CT molecular complexity index is 480. The maximum Gasteiger partial charge on any atom is 0.223 e. The van der Waals surface area contributed by atoms with Crippen molar-refractivity contribution in [3.63, 3.8) is 0 Å². The van der Waals surface area contributed by atoms with Gasteiger partial charge in [-0.3, -0.25) is 9.48 Å². The van der Waals surface area contributed by atoms with Crippen LogP contribution in [0.15, 0.2) is 0 Å². The van der Waals surface area contributed by atoms with Gasteiger partial charge in [0.1, 0.15) is 0 Å². The number of rotatable bonds is 4. The zero-order valence-corrected chi connectivity index (χ0v) is 12.8. The summed E-state index contributed by atoms with van der Waals surface area (Å²) in [6, 6.07) is 0.197. The number of nitrogens with zero attached hydrogens (tertiary/aromatic N) is 2. The standard InChI is InChI=1S/C15H26N4O/c1-10-14(11(2)19(3)18-10)7-8-17-15(20)12-5-4-6-13(16)9-12/h12-13H,4-9,16H2,1-3H3,(H,17,20). The van der Waals surface area contributed by atoms with Crippen molar-refractivity contribution in [2.45, 2.75) is 52.0 Å². The summed E-state index contributed by atoms with van der Waals surface area (Å²) in [5, 5.41) is 7.45. The first-order valence-corrected chi connectivity index (χ1v) is 7.51. The highest BCUT2D eigenvalue weighted by Crippen LogP contribution is 2.23. The molecule has 1 aliphatic rings. The highest BCUT2D eigenvalue weighted by Gasteiger charge is 2.25. The van der Waals surface area contributed by atoms with Gasteiger partial charge >= 0.3 is 0 Å². The van der Waals surface area contributed by atoms with Crippen LogP contribution in [-0.2, 0) is 18.3 Å². The summed E-state index contributed by atoms with van der Waals surface area (Å²) < 4.78 is 1.90. The van der Waals surface area contributed by atoms with E-state index in [9.17, 15) is 4.79 Å². The number of nitrogens with one attached hydrogen (secondary N) is 1. The Morgan fingerprint density at radius 3 is 2.80 bits per heavy atom. The van der Waals surface area contributed by atoms with Crippen LogP contribution >= 0.6 is 0 Å². The number of aromatic nitrogens is 2. The molecule has 5 heteroatoms. The van der Waals surface area contributed by atoms with E-state index in [0.717, 1.165) is 37.8 Å². The van der Waals surface area contributed by atoms with Gasteiger partial charge in [0, 0.05) is 31.2 Å². The van der Waals surface area contributed by atoms with Crippen LogP contribution in [0.1, 0.15) is 42.6 Å². The van der Waals surface area contributed by atoms with E-state index in [-0.39, 0.29) is 17.9 Å². The zero-order valence-electron chi connectivity index (χ0n) is 12.8. The van der Waals surface area contributed by atoms with Gasteiger partial charge in [0.15, 0.2) is 0 Å². The molecule has 0 saturated heterocycles. The molecule has 1 saturated carbocycles. The first kappa shape index (κ1) is 15.0. The minimum atomic E-state index is 0.106. The second-order valence-electron chi connectivity index (χ2n) is 5.94. The number of nitrogens with two attached hydrogens (primary N) is 1. The molecule has 112 valence electrons. The van der Waals surface area contributed by atoms with Crippen molar-refractivity contribution < 1.29 is 4.79 Å². The average molecular weight is 278 g/mol. The van der Waals surface area contributed by atoms with E-state index in [1.54, 1.807) is 0 Å². The molecule has 2 rings (SSSR count). The maximum absolute atomic E-state index is 12.1. The predicted molar refractivity (Wildman–Crippen MR) is 79.3 cm³/mol. The second-order valence-corrected chi connectivity index (χ2v) is 5.94. The monoisotopic (exact) mass is 278 g/mol. The molecule has 1 amide bonds. The summed E-state index contributed by atoms with van der Waals surface area (Å²) in [5.74, 6) is 0.272. The number of amides is 1. The second kappa shape index (κ2) is 6.39. The Morgan fingerprint density at radius 1 is 1.45 bits per heavy atom. The van der Waals surface area contributed by atoms with Crippen molar-refractivity contribution in [2.24, 2.45) is 18.7 Å². The Balaban J connectivity index is 1.82. The van der Waals surface area contributed by atoms with Crippen molar-refractivity contribution in [1.82, 2.24) is 15.1 Å². The quantitative estimate of drug-likeness (QED) is 0.869. The zero-order chi connectivity index (χ0) is 14.7. The third-order valence-corrected chi connectivity index (χ3v) is 4.42. The molecule has 0 aliphatic heterocycles. The maximum atomic E-state index is 12.1. The van der Waals surface area contributed by atoms with Crippen LogP contribution in [0, 0.1) is 19.8 Å². The lowest BCUT2D eigenvalue weighted by atomic mass is 9.85. The predicted octanol–water partition coefficient (Wildman–Crippen LogP) is 1.21. The molecule has 1 aromatic rings. The topological polar surface area (TPSA) is 72.9 Å². The highest BCUT2D eigenvalue weighted by molar-refractivity contribution is 5.78. The van der Waals surface area contributed by atoms with Gasteiger partial charge in [-0.1, -0.05) is 6.42 Å². The van der Waals surface area contributed by atoms with Crippen LogP contribution in [0.5, 0.6) is 0 Å². The van der Waals surface area contributed by atoms with E-state index in [2.05, 4.69) is 17.3 Å². The summed E-state index contributed by atoms with van der Waals surface area (Å²) in [5.41, 5.74) is 9.41. The minimum absolute atomic E-state index is 0.106. The Morgan fingerprint density at radius 2 is 2.20 bits per heavy atom. The fourth-order valence-electron chi connectivity index (χ4n) is 3.10. The molecule has 5 nitrogen and oxygen atoms in total. The molecule has 2 unspecified atom stereocenters. The largest absolute Gasteiger partial charge is 0.356 e. The first-order valence-electron chi connectivity index (χ1n) is 7.51. The number of carbonyl (C=O) groups excluding carboxylic acids is 1. The molecule has 0 radical (unpaired) electrons. The lowest BCUT2D eigenvalue weighted by Crippen LogP contribution is -2.38. The summed E-state index contributed by atoms with van der Waals surface area (Å²) >= 11 is 0. The number of aryl methyl sites for hydroxylation is 2. The van der Waals surface area contributed by atoms with E-state index < -0.39 is 0 Å².